The fourth-order valence-corrected chi connectivity index (χ4v) is 4.20. The standard InChI is InChI=1S/C18H21N3O4S2/c1-10(2)7-14(19-11(3)22)17(24)20-12-5-6-13-15(8-12)27-18(21-13)26-9-16(23)25-4/h5-6,8,14H,1,7,9H2,2-4H3,(H,19,22)(H,20,24). The quantitative estimate of drug-likeness (QED) is 0.397. The molecule has 1 aromatic heterocycles. The number of esters is 1. The lowest BCUT2D eigenvalue weighted by atomic mass is 10.1. The number of anilines is 1. The zero-order valence-corrected chi connectivity index (χ0v) is 17.0. The smallest absolute Gasteiger partial charge is 0.316 e. The normalized spacial score (nSPS) is 11.7. The van der Waals surface area contributed by atoms with Crippen LogP contribution >= 0.6 is 23.1 Å². The van der Waals surface area contributed by atoms with Crippen LogP contribution in [0.5, 0.6) is 0 Å². The van der Waals surface area contributed by atoms with E-state index in [-0.39, 0.29) is 23.5 Å². The van der Waals surface area contributed by atoms with Gasteiger partial charge in [0.2, 0.25) is 11.8 Å². The molecule has 0 aliphatic carbocycles. The fourth-order valence-electron chi connectivity index (χ4n) is 2.26. The number of carbonyl (C=O) groups is 3. The van der Waals surface area contributed by atoms with Gasteiger partial charge in [-0.3, -0.25) is 14.4 Å². The number of amides is 2. The van der Waals surface area contributed by atoms with Crippen molar-refractivity contribution in [2.75, 3.05) is 18.2 Å². The molecular formula is C18H21N3O4S2. The number of aromatic nitrogens is 1. The lowest BCUT2D eigenvalue weighted by Gasteiger charge is -2.17. The highest BCUT2D eigenvalue weighted by molar-refractivity contribution is 8.01. The molecule has 7 nitrogen and oxygen atoms in total. The number of fused-ring (bicyclic) bond motifs is 1. The molecule has 0 aliphatic rings. The van der Waals surface area contributed by atoms with E-state index in [2.05, 4.69) is 26.9 Å². The molecule has 1 aromatic carbocycles. The maximum Gasteiger partial charge on any atom is 0.316 e. The number of methoxy groups -OCH3 is 1. The number of carbonyl (C=O) groups excluding carboxylic acids is 3. The van der Waals surface area contributed by atoms with Crippen LogP contribution in [0.1, 0.15) is 20.3 Å². The van der Waals surface area contributed by atoms with E-state index in [1.54, 1.807) is 19.1 Å². The third-order valence-corrected chi connectivity index (χ3v) is 5.56. The number of thioether (sulfide) groups is 1. The Kier molecular flexibility index (Phi) is 7.37. The van der Waals surface area contributed by atoms with Crippen LogP contribution < -0.4 is 10.6 Å². The van der Waals surface area contributed by atoms with E-state index in [0.717, 1.165) is 20.1 Å². The van der Waals surface area contributed by atoms with E-state index in [9.17, 15) is 14.4 Å². The molecule has 2 amide bonds. The lowest BCUT2D eigenvalue weighted by Crippen LogP contribution is -2.43. The Morgan fingerprint density at radius 2 is 2.07 bits per heavy atom. The van der Waals surface area contributed by atoms with E-state index >= 15 is 0 Å². The van der Waals surface area contributed by atoms with Gasteiger partial charge in [-0.1, -0.05) is 17.3 Å². The molecule has 1 atom stereocenters. The van der Waals surface area contributed by atoms with Gasteiger partial charge in [-0.15, -0.1) is 17.9 Å². The van der Waals surface area contributed by atoms with Crippen LogP contribution in [0.15, 0.2) is 34.7 Å². The molecule has 0 spiro atoms. The summed E-state index contributed by atoms with van der Waals surface area (Å²) in [7, 11) is 1.35. The topological polar surface area (TPSA) is 97.4 Å². The molecule has 0 fully saturated rings. The Labute approximate surface area is 165 Å². The van der Waals surface area contributed by atoms with Crippen LogP contribution in [-0.2, 0) is 19.1 Å². The van der Waals surface area contributed by atoms with Gasteiger partial charge in [-0.05, 0) is 31.5 Å². The van der Waals surface area contributed by atoms with E-state index < -0.39 is 6.04 Å². The first kappa shape index (κ1) is 20.9. The number of rotatable bonds is 8. The minimum Gasteiger partial charge on any atom is -0.468 e. The summed E-state index contributed by atoms with van der Waals surface area (Å²) in [5.74, 6) is -0.702. The van der Waals surface area contributed by atoms with Crippen molar-refractivity contribution in [2.45, 2.75) is 30.6 Å². The Balaban J connectivity index is 2.11. The average Bonchev–Trinajstić information content (AvgIpc) is 3.00. The molecule has 2 rings (SSSR count). The second-order valence-electron chi connectivity index (χ2n) is 5.93. The Hall–Kier alpha value is -2.39. The van der Waals surface area contributed by atoms with Gasteiger partial charge in [0.05, 0.1) is 23.1 Å². The number of thiazole rings is 1. The number of ether oxygens (including phenoxy) is 1. The van der Waals surface area contributed by atoms with Gasteiger partial charge in [0.1, 0.15) is 6.04 Å². The van der Waals surface area contributed by atoms with E-state index in [1.807, 2.05) is 6.07 Å². The lowest BCUT2D eigenvalue weighted by molar-refractivity contribution is -0.137. The Bertz CT molecular complexity index is 863. The van der Waals surface area contributed by atoms with Crippen LogP contribution in [0.25, 0.3) is 10.2 Å². The predicted molar refractivity (Wildman–Crippen MR) is 108 cm³/mol. The van der Waals surface area contributed by atoms with Gasteiger partial charge in [0, 0.05) is 12.6 Å². The summed E-state index contributed by atoms with van der Waals surface area (Å²) in [5, 5.41) is 5.45. The van der Waals surface area contributed by atoms with E-state index in [1.165, 1.54) is 37.1 Å². The third kappa shape index (κ3) is 6.37. The molecule has 1 heterocycles. The van der Waals surface area contributed by atoms with Gasteiger partial charge < -0.3 is 15.4 Å². The van der Waals surface area contributed by atoms with Crippen molar-refractivity contribution in [3.63, 3.8) is 0 Å². The van der Waals surface area contributed by atoms with Crippen molar-refractivity contribution in [1.29, 1.82) is 0 Å². The summed E-state index contributed by atoms with van der Waals surface area (Å²) < 4.78 is 6.25. The van der Waals surface area contributed by atoms with Crippen LogP contribution in [0, 0.1) is 0 Å². The van der Waals surface area contributed by atoms with Crippen molar-refractivity contribution in [1.82, 2.24) is 10.3 Å². The largest absolute Gasteiger partial charge is 0.468 e. The average molecular weight is 408 g/mol. The van der Waals surface area contributed by atoms with E-state index in [0.29, 0.717) is 12.1 Å². The number of benzene rings is 1. The monoisotopic (exact) mass is 407 g/mol. The first-order valence-corrected chi connectivity index (χ1v) is 9.91. The summed E-state index contributed by atoms with van der Waals surface area (Å²) in [6, 6.07) is 4.69. The van der Waals surface area contributed by atoms with Crippen LogP contribution in [0.4, 0.5) is 5.69 Å². The molecule has 1 unspecified atom stereocenters. The second kappa shape index (κ2) is 9.52. The first-order chi connectivity index (χ1) is 12.8. The molecule has 0 bridgehead atoms. The van der Waals surface area contributed by atoms with Gasteiger partial charge in [0.25, 0.3) is 0 Å². The molecule has 0 saturated carbocycles. The minimum absolute atomic E-state index is 0.194. The maximum absolute atomic E-state index is 12.5. The Morgan fingerprint density at radius 1 is 1.33 bits per heavy atom. The number of nitrogens with zero attached hydrogens (tertiary/aromatic N) is 1. The molecule has 2 N–H and O–H groups in total. The number of hydrogen-bond acceptors (Lipinski definition) is 7. The molecule has 144 valence electrons. The zero-order chi connectivity index (χ0) is 20.0. The summed E-state index contributed by atoms with van der Waals surface area (Å²) in [6.45, 7) is 6.97. The summed E-state index contributed by atoms with van der Waals surface area (Å²) in [6.07, 6.45) is 0.364. The van der Waals surface area contributed by atoms with E-state index in [4.69, 9.17) is 0 Å². The van der Waals surface area contributed by atoms with Gasteiger partial charge >= 0.3 is 5.97 Å². The maximum atomic E-state index is 12.5. The second-order valence-corrected chi connectivity index (χ2v) is 8.18. The number of hydrogen-bond donors (Lipinski definition) is 2. The van der Waals surface area contributed by atoms with Crippen molar-refractivity contribution in [2.24, 2.45) is 0 Å². The zero-order valence-electron chi connectivity index (χ0n) is 15.3. The summed E-state index contributed by atoms with van der Waals surface area (Å²) in [5.41, 5.74) is 2.19. The molecule has 9 heteroatoms. The molecule has 0 aliphatic heterocycles. The van der Waals surface area contributed by atoms with Crippen LogP contribution in [0.2, 0.25) is 0 Å². The molecule has 2 aromatic rings. The molecular weight excluding hydrogens is 386 g/mol. The van der Waals surface area contributed by atoms with Gasteiger partial charge in [-0.25, -0.2) is 4.98 Å². The minimum atomic E-state index is -0.677. The highest BCUT2D eigenvalue weighted by Crippen LogP contribution is 2.31. The SMILES string of the molecule is C=C(C)CC(NC(C)=O)C(=O)Nc1ccc2nc(SCC(=O)OC)sc2c1. The Morgan fingerprint density at radius 3 is 2.70 bits per heavy atom. The first-order valence-electron chi connectivity index (χ1n) is 8.11. The predicted octanol–water partition coefficient (Wildman–Crippen LogP) is 2.97. The summed E-state index contributed by atoms with van der Waals surface area (Å²) in [4.78, 5) is 39.5. The van der Waals surface area contributed by atoms with Crippen molar-refractivity contribution < 1.29 is 19.1 Å². The highest BCUT2D eigenvalue weighted by atomic mass is 32.2. The van der Waals surface area contributed by atoms with Crippen LogP contribution in [0.3, 0.4) is 0 Å². The summed E-state index contributed by atoms with van der Waals surface area (Å²) >= 11 is 2.74. The van der Waals surface area contributed by atoms with Crippen LogP contribution in [-0.4, -0.2) is 41.7 Å². The number of nitrogens with one attached hydrogen (secondary N) is 2. The molecule has 27 heavy (non-hydrogen) atoms. The fraction of sp³-hybridized carbons (Fsp3) is 0.333. The van der Waals surface area contributed by atoms with Crippen molar-refractivity contribution in [3.05, 3.63) is 30.4 Å². The highest BCUT2D eigenvalue weighted by Gasteiger charge is 2.20. The van der Waals surface area contributed by atoms with Gasteiger partial charge in [-0.2, -0.15) is 0 Å². The van der Waals surface area contributed by atoms with Crippen molar-refractivity contribution >= 4 is 56.8 Å². The molecule has 0 radical (unpaired) electrons. The third-order valence-electron chi connectivity index (χ3n) is 3.42. The van der Waals surface area contributed by atoms with Crippen molar-refractivity contribution in [3.8, 4) is 0 Å². The molecule has 0 saturated heterocycles. The van der Waals surface area contributed by atoms with Gasteiger partial charge in [0.15, 0.2) is 4.34 Å².